The van der Waals surface area contributed by atoms with Crippen LogP contribution in [0.5, 0.6) is 0 Å². The molecule has 2 nitrogen and oxygen atoms in total. The highest BCUT2D eigenvalue weighted by molar-refractivity contribution is 5.93. The topological polar surface area (TPSA) is 33.1 Å². The van der Waals surface area contributed by atoms with Crippen molar-refractivity contribution in [2.45, 2.75) is 13.8 Å². The zero-order valence-corrected chi connectivity index (χ0v) is 10.9. The van der Waals surface area contributed by atoms with Gasteiger partial charge in [-0.05, 0) is 42.7 Å². The highest BCUT2D eigenvalue weighted by Crippen LogP contribution is 2.25. The lowest BCUT2D eigenvalue weighted by Crippen LogP contribution is -2.01. The minimum absolute atomic E-state index is 0.196. The molecule has 0 amide bonds. The molecule has 18 heavy (non-hydrogen) atoms. The first-order valence-corrected chi connectivity index (χ1v) is 5.92. The third-order valence-corrected chi connectivity index (χ3v) is 3.03. The van der Waals surface area contributed by atoms with Gasteiger partial charge in [0.25, 0.3) is 0 Å². The molecule has 0 aliphatic heterocycles. The monoisotopic (exact) mass is 239 g/mol. The maximum Gasteiger partial charge on any atom is 0.212 e. The maximum absolute atomic E-state index is 7.71. The van der Waals surface area contributed by atoms with Crippen molar-refractivity contribution in [3.63, 3.8) is 0 Å². The molecule has 0 aliphatic rings. The molecule has 92 valence electrons. The first kappa shape index (κ1) is 12.4. The van der Waals surface area contributed by atoms with Gasteiger partial charge in [-0.3, -0.25) is 5.41 Å². The standard InChI is InChI=1S/C16H17NO/c1-11-7-8-12(2)15(9-11)13-5-4-6-14(10-13)16(17)18-3/h4-10,17H,1-3H3. The van der Waals surface area contributed by atoms with Gasteiger partial charge in [0.1, 0.15) is 0 Å². The maximum atomic E-state index is 7.71. The van der Waals surface area contributed by atoms with Crippen molar-refractivity contribution in [2.24, 2.45) is 0 Å². The molecule has 2 rings (SSSR count). The second-order valence-electron chi connectivity index (χ2n) is 4.43. The van der Waals surface area contributed by atoms with Crippen molar-refractivity contribution in [1.29, 1.82) is 5.41 Å². The first-order chi connectivity index (χ1) is 8.61. The molecule has 0 spiro atoms. The van der Waals surface area contributed by atoms with E-state index in [1.807, 2.05) is 18.2 Å². The zero-order chi connectivity index (χ0) is 13.1. The largest absolute Gasteiger partial charge is 0.481 e. The fourth-order valence-electron chi connectivity index (χ4n) is 1.99. The Balaban J connectivity index is 2.51. The Hall–Kier alpha value is -2.09. The van der Waals surface area contributed by atoms with Gasteiger partial charge in [-0.25, -0.2) is 0 Å². The summed E-state index contributed by atoms with van der Waals surface area (Å²) in [6.07, 6.45) is 0. The molecule has 2 heteroatoms. The average molecular weight is 239 g/mol. The van der Waals surface area contributed by atoms with E-state index in [0.29, 0.717) is 0 Å². The number of nitrogens with one attached hydrogen (secondary N) is 1. The van der Waals surface area contributed by atoms with Crippen molar-refractivity contribution in [1.82, 2.24) is 0 Å². The fourth-order valence-corrected chi connectivity index (χ4v) is 1.99. The number of benzene rings is 2. The van der Waals surface area contributed by atoms with Gasteiger partial charge < -0.3 is 4.74 Å². The van der Waals surface area contributed by atoms with Gasteiger partial charge in [-0.15, -0.1) is 0 Å². The molecule has 0 fully saturated rings. The van der Waals surface area contributed by atoms with Crippen molar-refractivity contribution in [3.8, 4) is 11.1 Å². The smallest absolute Gasteiger partial charge is 0.212 e. The second-order valence-corrected chi connectivity index (χ2v) is 4.43. The minimum atomic E-state index is 0.196. The number of ether oxygens (including phenoxy) is 1. The summed E-state index contributed by atoms with van der Waals surface area (Å²) >= 11 is 0. The second kappa shape index (κ2) is 5.05. The minimum Gasteiger partial charge on any atom is -0.481 e. The van der Waals surface area contributed by atoms with Crippen LogP contribution in [0.4, 0.5) is 0 Å². The SMILES string of the molecule is COC(=N)c1cccc(-c2cc(C)ccc2C)c1. The lowest BCUT2D eigenvalue weighted by atomic mass is 9.97. The van der Waals surface area contributed by atoms with Gasteiger partial charge in [-0.2, -0.15) is 0 Å². The molecule has 2 aromatic rings. The van der Waals surface area contributed by atoms with Gasteiger partial charge in [-0.1, -0.05) is 35.9 Å². The summed E-state index contributed by atoms with van der Waals surface area (Å²) in [4.78, 5) is 0. The third kappa shape index (κ3) is 2.43. The summed E-state index contributed by atoms with van der Waals surface area (Å²) < 4.78 is 4.96. The fraction of sp³-hybridized carbons (Fsp3) is 0.188. The van der Waals surface area contributed by atoms with Crippen molar-refractivity contribution < 1.29 is 4.74 Å². The molecule has 2 aromatic carbocycles. The Kier molecular flexibility index (Phi) is 3.47. The van der Waals surface area contributed by atoms with Crippen LogP contribution in [0, 0.1) is 19.3 Å². The highest BCUT2D eigenvalue weighted by Gasteiger charge is 2.06. The summed E-state index contributed by atoms with van der Waals surface area (Å²) in [6.45, 7) is 4.19. The number of hydrogen-bond acceptors (Lipinski definition) is 2. The van der Waals surface area contributed by atoms with Crippen LogP contribution in [0.3, 0.4) is 0 Å². The molecule has 0 aliphatic carbocycles. The zero-order valence-electron chi connectivity index (χ0n) is 10.9. The van der Waals surface area contributed by atoms with Crippen molar-refractivity contribution in [3.05, 3.63) is 59.2 Å². The molecule has 0 aromatic heterocycles. The van der Waals surface area contributed by atoms with Gasteiger partial charge in [0.15, 0.2) is 0 Å². The van der Waals surface area contributed by atoms with E-state index in [-0.39, 0.29) is 5.90 Å². The van der Waals surface area contributed by atoms with Crippen molar-refractivity contribution >= 4 is 5.90 Å². The molecule has 1 N–H and O–H groups in total. The highest BCUT2D eigenvalue weighted by atomic mass is 16.5. The predicted molar refractivity (Wildman–Crippen MR) is 75.2 cm³/mol. The summed E-state index contributed by atoms with van der Waals surface area (Å²) in [5.41, 5.74) is 5.61. The van der Waals surface area contributed by atoms with Crippen LogP contribution >= 0.6 is 0 Å². The summed E-state index contributed by atoms with van der Waals surface area (Å²) in [5, 5.41) is 7.71. The van der Waals surface area contributed by atoms with E-state index in [1.54, 1.807) is 0 Å². The number of aryl methyl sites for hydroxylation is 2. The van der Waals surface area contributed by atoms with E-state index in [4.69, 9.17) is 10.1 Å². The van der Waals surface area contributed by atoms with E-state index in [2.05, 4.69) is 38.1 Å². The number of hydrogen-bond donors (Lipinski definition) is 1. The molecule has 0 saturated carbocycles. The third-order valence-electron chi connectivity index (χ3n) is 3.03. The van der Waals surface area contributed by atoms with Gasteiger partial charge in [0.2, 0.25) is 5.90 Å². The first-order valence-electron chi connectivity index (χ1n) is 5.92. The molecule has 0 atom stereocenters. The van der Waals surface area contributed by atoms with Crippen LogP contribution in [0.1, 0.15) is 16.7 Å². The summed E-state index contributed by atoms with van der Waals surface area (Å²) in [5.74, 6) is 0.196. The molecule has 0 unspecified atom stereocenters. The molecular weight excluding hydrogens is 222 g/mol. The van der Waals surface area contributed by atoms with Crippen molar-refractivity contribution in [2.75, 3.05) is 7.11 Å². The Labute approximate surface area is 108 Å². The predicted octanol–water partition coefficient (Wildman–Crippen LogP) is 3.94. The lowest BCUT2D eigenvalue weighted by molar-refractivity contribution is 0.401. The van der Waals surface area contributed by atoms with Crippen LogP contribution < -0.4 is 0 Å². The van der Waals surface area contributed by atoms with Gasteiger partial charge in [0, 0.05) is 5.56 Å². The number of rotatable bonds is 2. The van der Waals surface area contributed by atoms with E-state index >= 15 is 0 Å². The average Bonchev–Trinajstić information content (AvgIpc) is 2.40. The Morgan fingerprint density at radius 1 is 1.06 bits per heavy atom. The van der Waals surface area contributed by atoms with Crippen LogP contribution in [0.15, 0.2) is 42.5 Å². The summed E-state index contributed by atoms with van der Waals surface area (Å²) in [6, 6.07) is 14.3. The molecule has 0 radical (unpaired) electrons. The Morgan fingerprint density at radius 3 is 2.56 bits per heavy atom. The molecule has 0 saturated heterocycles. The Morgan fingerprint density at radius 2 is 1.83 bits per heavy atom. The quantitative estimate of drug-likeness (QED) is 0.625. The van der Waals surface area contributed by atoms with E-state index in [9.17, 15) is 0 Å². The van der Waals surface area contributed by atoms with E-state index in [1.165, 1.54) is 23.8 Å². The van der Waals surface area contributed by atoms with Crippen LogP contribution in [0.2, 0.25) is 0 Å². The Bertz CT molecular complexity index is 587. The summed E-state index contributed by atoms with van der Waals surface area (Å²) in [7, 11) is 1.52. The lowest BCUT2D eigenvalue weighted by Gasteiger charge is -2.09. The van der Waals surface area contributed by atoms with Crippen LogP contribution in [0.25, 0.3) is 11.1 Å². The number of methoxy groups -OCH3 is 1. The van der Waals surface area contributed by atoms with E-state index in [0.717, 1.165) is 11.1 Å². The van der Waals surface area contributed by atoms with Crippen LogP contribution in [-0.4, -0.2) is 13.0 Å². The molecule has 0 heterocycles. The van der Waals surface area contributed by atoms with E-state index < -0.39 is 0 Å². The molecular formula is C16H17NO. The van der Waals surface area contributed by atoms with Crippen LogP contribution in [-0.2, 0) is 4.74 Å². The normalized spacial score (nSPS) is 10.2. The molecule has 0 bridgehead atoms. The van der Waals surface area contributed by atoms with Gasteiger partial charge in [0.05, 0.1) is 7.11 Å². The van der Waals surface area contributed by atoms with Gasteiger partial charge >= 0.3 is 0 Å².